The fourth-order valence-corrected chi connectivity index (χ4v) is 2.05. The van der Waals surface area contributed by atoms with E-state index in [9.17, 15) is 0 Å². The molecule has 0 spiro atoms. The summed E-state index contributed by atoms with van der Waals surface area (Å²) in [5.74, 6) is 1.46. The van der Waals surface area contributed by atoms with Crippen LogP contribution in [0.25, 0.3) is 0 Å². The molecule has 2 aromatic rings. The summed E-state index contributed by atoms with van der Waals surface area (Å²) in [5, 5.41) is 8.59. The molecule has 2 rings (SSSR count). The molecule has 0 amide bonds. The Morgan fingerprint density at radius 2 is 2.21 bits per heavy atom. The van der Waals surface area contributed by atoms with Gasteiger partial charge in [-0.2, -0.15) is 10.2 Å². The standard InChI is InChI=1S/C13H21N5O/c1-5-18-8-11(7-15-18)19-13-12(6-9(2)14)10(3)16-17(13)4/h7-9H,5-6,14H2,1-4H3. The van der Waals surface area contributed by atoms with E-state index in [4.69, 9.17) is 10.5 Å². The fourth-order valence-electron chi connectivity index (χ4n) is 2.05. The molecule has 6 nitrogen and oxygen atoms in total. The van der Waals surface area contributed by atoms with Crippen molar-refractivity contribution < 1.29 is 4.74 Å². The Hall–Kier alpha value is -1.82. The number of nitrogens with zero attached hydrogens (tertiary/aromatic N) is 4. The molecule has 0 aliphatic carbocycles. The average Bonchev–Trinajstić information content (AvgIpc) is 2.89. The molecule has 2 N–H and O–H groups in total. The van der Waals surface area contributed by atoms with Gasteiger partial charge in [0.25, 0.3) is 0 Å². The van der Waals surface area contributed by atoms with Crippen LogP contribution >= 0.6 is 0 Å². The van der Waals surface area contributed by atoms with Crippen molar-refractivity contribution >= 4 is 0 Å². The lowest BCUT2D eigenvalue weighted by molar-refractivity contribution is 0.423. The molecular weight excluding hydrogens is 242 g/mol. The SMILES string of the molecule is CCn1cc(Oc2c(CC(C)N)c(C)nn2C)cn1. The normalized spacial score (nSPS) is 12.7. The summed E-state index contributed by atoms with van der Waals surface area (Å²) in [7, 11) is 1.87. The molecule has 0 saturated carbocycles. The minimum absolute atomic E-state index is 0.0728. The first-order valence-corrected chi connectivity index (χ1v) is 6.49. The smallest absolute Gasteiger partial charge is 0.221 e. The van der Waals surface area contributed by atoms with Crippen LogP contribution in [0.3, 0.4) is 0 Å². The van der Waals surface area contributed by atoms with Crippen LogP contribution in [0.2, 0.25) is 0 Å². The van der Waals surface area contributed by atoms with Crippen molar-refractivity contribution in [3.8, 4) is 11.6 Å². The monoisotopic (exact) mass is 263 g/mol. The predicted molar refractivity (Wildman–Crippen MR) is 73.3 cm³/mol. The van der Waals surface area contributed by atoms with Crippen LogP contribution in [0, 0.1) is 6.92 Å². The van der Waals surface area contributed by atoms with Gasteiger partial charge in [0.2, 0.25) is 5.88 Å². The van der Waals surface area contributed by atoms with E-state index in [1.165, 1.54) is 0 Å². The van der Waals surface area contributed by atoms with Gasteiger partial charge in [0.1, 0.15) is 0 Å². The van der Waals surface area contributed by atoms with Crippen LogP contribution in [-0.2, 0) is 20.0 Å². The van der Waals surface area contributed by atoms with Crippen molar-refractivity contribution in [2.75, 3.05) is 0 Å². The highest BCUT2D eigenvalue weighted by Crippen LogP contribution is 2.27. The van der Waals surface area contributed by atoms with Crippen molar-refractivity contribution in [1.29, 1.82) is 0 Å². The number of hydrogen-bond donors (Lipinski definition) is 1. The van der Waals surface area contributed by atoms with Crippen molar-refractivity contribution in [2.24, 2.45) is 12.8 Å². The first-order valence-electron chi connectivity index (χ1n) is 6.49. The van der Waals surface area contributed by atoms with Gasteiger partial charge in [-0.3, -0.25) is 4.68 Å². The summed E-state index contributed by atoms with van der Waals surface area (Å²) >= 11 is 0. The first kappa shape index (κ1) is 13.6. The van der Waals surface area contributed by atoms with Crippen LogP contribution in [-0.4, -0.2) is 25.6 Å². The van der Waals surface area contributed by atoms with Gasteiger partial charge in [-0.15, -0.1) is 0 Å². The molecule has 0 bridgehead atoms. The summed E-state index contributed by atoms with van der Waals surface area (Å²) in [6.07, 6.45) is 4.33. The summed E-state index contributed by atoms with van der Waals surface area (Å²) < 4.78 is 9.48. The van der Waals surface area contributed by atoms with E-state index in [1.54, 1.807) is 10.9 Å². The highest BCUT2D eigenvalue weighted by atomic mass is 16.5. The van der Waals surface area contributed by atoms with Crippen molar-refractivity contribution in [2.45, 2.75) is 39.8 Å². The second-order valence-corrected chi connectivity index (χ2v) is 4.81. The summed E-state index contributed by atoms with van der Waals surface area (Å²) in [5.41, 5.74) is 7.89. The largest absolute Gasteiger partial charge is 0.436 e. The van der Waals surface area contributed by atoms with Gasteiger partial charge in [-0.25, -0.2) is 4.68 Å². The molecule has 1 atom stereocenters. The van der Waals surface area contributed by atoms with E-state index in [1.807, 2.05) is 38.7 Å². The quantitative estimate of drug-likeness (QED) is 0.890. The maximum atomic E-state index is 5.91. The van der Waals surface area contributed by atoms with Crippen molar-refractivity contribution in [3.63, 3.8) is 0 Å². The van der Waals surface area contributed by atoms with Crippen molar-refractivity contribution in [3.05, 3.63) is 23.7 Å². The first-order chi connectivity index (χ1) is 9.01. The van der Waals surface area contributed by atoms with Gasteiger partial charge >= 0.3 is 0 Å². The third-order valence-electron chi connectivity index (χ3n) is 2.96. The Bertz CT molecular complexity index is 555. The molecule has 19 heavy (non-hydrogen) atoms. The second kappa shape index (κ2) is 5.44. The Morgan fingerprint density at radius 3 is 2.79 bits per heavy atom. The summed E-state index contributed by atoms with van der Waals surface area (Å²) in [4.78, 5) is 0. The van der Waals surface area contributed by atoms with E-state index >= 15 is 0 Å². The third kappa shape index (κ3) is 2.96. The zero-order chi connectivity index (χ0) is 14.0. The van der Waals surface area contributed by atoms with Gasteiger partial charge in [0, 0.05) is 25.2 Å². The minimum Gasteiger partial charge on any atom is -0.436 e. The van der Waals surface area contributed by atoms with E-state index in [0.717, 1.165) is 35.9 Å². The Balaban J connectivity index is 2.28. The van der Waals surface area contributed by atoms with Gasteiger partial charge < -0.3 is 10.5 Å². The molecular formula is C13H21N5O. The Morgan fingerprint density at radius 1 is 1.47 bits per heavy atom. The van der Waals surface area contributed by atoms with Gasteiger partial charge in [0.05, 0.1) is 18.1 Å². The van der Waals surface area contributed by atoms with Gasteiger partial charge in [-0.05, 0) is 27.2 Å². The number of rotatable bonds is 5. The molecule has 1 unspecified atom stereocenters. The molecule has 104 valence electrons. The maximum absolute atomic E-state index is 5.91. The number of ether oxygens (including phenoxy) is 1. The molecule has 0 aliphatic rings. The third-order valence-corrected chi connectivity index (χ3v) is 2.96. The summed E-state index contributed by atoms with van der Waals surface area (Å²) in [6, 6.07) is 0.0728. The van der Waals surface area contributed by atoms with Crippen LogP contribution in [0.5, 0.6) is 11.6 Å². The van der Waals surface area contributed by atoms with Crippen molar-refractivity contribution in [1.82, 2.24) is 19.6 Å². The van der Waals surface area contributed by atoms with E-state index in [0.29, 0.717) is 0 Å². The summed E-state index contributed by atoms with van der Waals surface area (Å²) in [6.45, 7) is 6.80. The van der Waals surface area contributed by atoms with Crippen LogP contribution in [0.15, 0.2) is 12.4 Å². The van der Waals surface area contributed by atoms with E-state index < -0.39 is 0 Å². The Labute approximate surface area is 113 Å². The molecule has 0 aliphatic heterocycles. The highest BCUT2D eigenvalue weighted by Gasteiger charge is 2.17. The predicted octanol–water partition coefficient (Wildman–Crippen LogP) is 1.63. The molecule has 2 heterocycles. The number of aryl methyl sites for hydroxylation is 3. The van der Waals surface area contributed by atoms with Gasteiger partial charge in [0.15, 0.2) is 5.75 Å². The lowest BCUT2D eigenvalue weighted by atomic mass is 10.1. The molecule has 0 saturated heterocycles. The van der Waals surface area contributed by atoms with E-state index in [-0.39, 0.29) is 6.04 Å². The Kier molecular flexibility index (Phi) is 3.90. The molecule has 0 radical (unpaired) electrons. The molecule has 6 heteroatoms. The molecule has 0 aromatic carbocycles. The molecule has 2 aromatic heterocycles. The second-order valence-electron chi connectivity index (χ2n) is 4.81. The maximum Gasteiger partial charge on any atom is 0.221 e. The number of nitrogens with two attached hydrogens (primary N) is 1. The lowest BCUT2D eigenvalue weighted by Gasteiger charge is -2.08. The molecule has 0 fully saturated rings. The zero-order valence-electron chi connectivity index (χ0n) is 11.9. The van der Waals surface area contributed by atoms with Crippen LogP contribution < -0.4 is 10.5 Å². The average molecular weight is 263 g/mol. The lowest BCUT2D eigenvalue weighted by Crippen LogP contribution is -2.18. The van der Waals surface area contributed by atoms with Crippen LogP contribution in [0.1, 0.15) is 25.1 Å². The number of hydrogen-bond acceptors (Lipinski definition) is 4. The van der Waals surface area contributed by atoms with Gasteiger partial charge in [-0.1, -0.05) is 0 Å². The van der Waals surface area contributed by atoms with E-state index in [2.05, 4.69) is 10.2 Å². The zero-order valence-corrected chi connectivity index (χ0v) is 11.9. The fraction of sp³-hybridized carbons (Fsp3) is 0.538. The number of aromatic nitrogens is 4. The topological polar surface area (TPSA) is 70.9 Å². The highest BCUT2D eigenvalue weighted by molar-refractivity contribution is 5.35. The minimum atomic E-state index is 0.0728. The van der Waals surface area contributed by atoms with Crippen LogP contribution in [0.4, 0.5) is 0 Å².